The highest BCUT2D eigenvalue weighted by atomic mass is 19.4. The van der Waals surface area contributed by atoms with Crippen molar-refractivity contribution in [2.45, 2.75) is 38.0 Å². The molecule has 0 aliphatic carbocycles. The van der Waals surface area contributed by atoms with E-state index in [1.165, 1.54) is 0 Å². The van der Waals surface area contributed by atoms with Crippen molar-refractivity contribution in [2.24, 2.45) is 5.92 Å². The molecule has 0 bridgehead atoms. The van der Waals surface area contributed by atoms with Crippen molar-refractivity contribution in [1.82, 2.24) is 19.6 Å². The Morgan fingerprint density at radius 2 is 2.17 bits per heavy atom. The maximum absolute atomic E-state index is 12.7. The van der Waals surface area contributed by atoms with Gasteiger partial charge < -0.3 is 9.80 Å². The normalized spacial score (nSPS) is 24.9. The molecule has 2 fully saturated rings. The minimum Gasteiger partial charge on any atom is -0.338 e. The number of alkyl halides is 3. The van der Waals surface area contributed by atoms with Gasteiger partial charge in [-0.15, -0.1) is 0 Å². The van der Waals surface area contributed by atoms with E-state index in [4.69, 9.17) is 0 Å². The molecule has 2 aliphatic rings. The Morgan fingerprint density at radius 1 is 1.38 bits per heavy atom. The smallest absolute Gasteiger partial charge is 0.338 e. The van der Waals surface area contributed by atoms with E-state index in [-0.39, 0.29) is 24.9 Å². The Kier molecular flexibility index (Phi) is 4.51. The van der Waals surface area contributed by atoms with Gasteiger partial charge in [-0.3, -0.25) is 14.3 Å². The molecule has 0 N–H and O–H groups in total. The number of rotatable bonds is 4. The van der Waals surface area contributed by atoms with Crippen LogP contribution in [0.1, 0.15) is 19.3 Å². The van der Waals surface area contributed by atoms with Crippen molar-refractivity contribution in [1.29, 1.82) is 0 Å². The van der Waals surface area contributed by atoms with E-state index in [9.17, 15) is 22.8 Å². The number of carbonyl (C=O) groups excluding carboxylic acids is 2. The lowest BCUT2D eigenvalue weighted by Gasteiger charge is -2.27. The molecule has 9 heteroatoms. The molecule has 0 aromatic carbocycles. The SMILES string of the molecule is O=C1C[C@H](C(=O)N2CCC[C@H]2Cn2cccn2)CN1CC(F)(F)F. The molecule has 0 unspecified atom stereocenters. The molecule has 0 spiro atoms. The van der Waals surface area contributed by atoms with Gasteiger partial charge in [0.05, 0.1) is 18.5 Å². The van der Waals surface area contributed by atoms with Crippen LogP contribution in [0, 0.1) is 5.92 Å². The van der Waals surface area contributed by atoms with Crippen LogP contribution in [-0.2, 0) is 16.1 Å². The number of nitrogens with zero attached hydrogens (tertiary/aromatic N) is 4. The van der Waals surface area contributed by atoms with Crippen LogP contribution in [-0.4, -0.2) is 63.2 Å². The first-order valence-electron chi connectivity index (χ1n) is 7.96. The molecule has 132 valence electrons. The van der Waals surface area contributed by atoms with Gasteiger partial charge in [0.2, 0.25) is 11.8 Å². The lowest BCUT2D eigenvalue weighted by molar-refractivity contribution is -0.157. The van der Waals surface area contributed by atoms with Gasteiger partial charge in [0.15, 0.2) is 0 Å². The summed E-state index contributed by atoms with van der Waals surface area (Å²) in [5, 5.41) is 4.13. The summed E-state index contributed by atoms with van der Waals surface area (Å²) < 4.78 is 39.2. The number of amides is 2. The highest BCUT2D eigenvalue weighted by Crippen LogP contribution is 2.28. The lowest BCUT2D eigenvalue weighted by Crippen LogP contribution is -2.43. The molecule has 2 saturated heterocycles. The monoisotopic (exact) mass is 344 g/mol. The van der Waals surface area contributed by atoms with Gasteiger partial charge >= 0.3 is 6.18 Å². The van der Waals surface area contributed by atoms with Crippen molar-refractivity contribution in [2.75, 3.05) is 19.6 Å². The summed E-state index contributed by atoms with van der Waals surface area (Å²) in [6.45, 7) is -0.297. The Bertz CT molecular complexity index is 602. The van der Waals surface area contributed by atoms with Crippen molar-refractivity contribution < 1.29 is 22.8 Å². The third-order valence-electron chi connectivity index (χ3n) is 4.55. The van der Waals surface area contributed by atoms with Gasteiger partial charge in [0.1, 0.15) is 6.54 Å². The van der Waals surface area contributed by atoms with Crippen molar-refractivity contribution in [3.8, 4) is 0 Å². The van der Waals surface area contributed by atoms with Crippen LogP contribution < -0.4 is 0 Å². The van der Waals surface area contributed by atoms with Gasteiger partial charge in [-0.25, -0.2) is 0 Å². The summed E-state index contributed by atoms with van der Waals surface area (Å²) in [6, 6.07) is 1.77. The average Bonchev–Trinajstić information content (AvgIpc) is 3.20. The Hall–Kier alpha value is -2.06. The summed E-state index contributed by atoms with van der Waals surface area (Å²) in [6.07, 6.45) is 0.573. The molecule has 1 aromatic heterocycles. The molecule has 3 rings (SSSR count). The number of carbonyl (C=O) groups is 2. The third-order valence-corrected chi connectivity index (χ3v) is 4.55. The molecule has 1 aromatic rings. The first-order valence-corrected chi connectivity index (χ1v) is 7.96. The largest absolute Gasteiger partial charge is 0.406 e. The third kappa shape index (κ3) is 3.70. The Labute approximate surface area is 137 Å². The highest BCUT2D eigenvalue weighted by Gasteiger charge is 2.43. The number of aromatic nitrogens is 2. The quantitative estimate of drug-likeness (QED) is 0.827. The lowest BCUT2D eigenvalue weighted by atomic mass is 10.1. The van der Waals surface area contributed by atoms with Gasteiger partial charge in [-0.1, -0.05) is 0 Å². The van der Waals surface area contributed by atoms with Crippen molar-refractivity contribution in [3.63, 3.8) is 0 Å². The second kappa shape index (κ2) is 6.45. The molecular formula is C15H19F3N4O2. The Balaban J connectivity index is 1.62. The predicted molar refractivity (Wildman–Crippen MR) is 77.7 cm³/mol. The summed E-state index contributed by atoms with van der Waals surface area (Å²) in [5.74, 6) is -1.51. The van der Waals surface area contributed by atoms with Crippen LogP contribution in [0.25, 0.3) is 0 Å². The van der Waals surface area contributed by atoms with Crippen LogP contribution in [0.3, 0.4) is 0 Å². The molecule has 24 heavy (non-hydrogen) atoms. The van der Waals surface area contributed by atoms with Crippen LogP contribution in [0.4, 0.5) is 13.2 Å². The van der Waals surface area contributed by atoms with E-state index < -0.39 is 24.5 Å². The van der Waals surface area contributed by atoms with Gasteiger partial charge in [0, 0.05) is 31.9 Å². The van der Waals surface area contributed by atoms with E-state index in [0.29, 0.717) is 13.1 Å². The fraction of sp³-hybridized carbons (Fsp3) is 0.667. The van der Waals surface area contributed by atoms with Gasteiger partial charge in [-0.2, -0.15) is 18.3 Å². The predicted octanol–water partition coefficient (Wildman–Crippen LogP) is 1.28. The van der Waals surface area contributed by atoms with E-state index in [0.717, 1.165) is 17.7 Å². The number of likely N-dealkylation sites (tertiary alicyclic amines) is 2. The second-order valence-corrected chi connectivity index (χ2v) is 6.35. The summed E-state index contributed by atoms with van der Waals surface area (Å²) >= 11 is 0. The molecule has 0 radical (unpaired) electrons. The molecule has 2 atom stereocenters. The van der Waals surface area contributed by atoms with Crippen LogP contribution in [0.5, 0.6) is 0 Å². The van der Waals surface area contributed by atoms with Gasteiger partial charge in [0.25, 0.3) is 0 Å². The standard InChI is InChI=1S/C15H19F3N4O2/c16-15(17,18)10-20-8-11(7-13(20)23)14(24)22-6-1-3-12(22)9-21-5-2-4-19-21/h2,4-5,11-12H,1,3,6-10H2/t11-,12-/m0/s1. The number of hydrogen-bond donors (Lipinski definition) is 0. The zero-order valence-electron chi connectivity index (χ0n) is 13.1. The topological polar surface area (TPSA) is 58.4 Å². The molecule has 3 heterocycles. The fourth-order valence-corrected chi connectivity index (χ4v) is 3.48. The number of halogens is 3. The van der Waals surface area contributed by atoms with Crippen LogP contribution in [0.2, 0.25) is 0 Å². The minimum absolute atomic E-state index is 0.0239. The zero-order valence-corrected chi connectivity index (χ0v) is 13.1. The molecule has 2 amide bonds. The summed E-state index contributed by atoms with van der Waals surface area (Å²) in [7, 11) is 0. The van der Waals surface area contributed by atoms with E-state index in [1.54, 1.807) is 21.8 Å². The van der Waals surface area contributed by atoms with Crippen molar-refractivity contribution in [3.05, 3.63) is 18.5 Å². The van der Waals surface area contributed by atoms with E-state index in [1.807, 2.05) is 6.20 Å². The first kappa shape index (κ1) is 16.8. The average molecular weight is 344 g/mol. The summed E-state index contributed by atoms with van der Waals surface area (Å²) in [4.78, 5) is 26.9. The highest BCUT2D eigenvalue weighted by molar-refractivity contribution is 5.89. The molecule has 2 aliphatic heterocycles. The zero-order chi connectivity index (χ0) is 17.3. The number of hydrogen-bond acceptors (Lipinski definition) is 3. The summed E-state index contributed by atoms with van der Waals surface area (Å²) in [5.41, 5.74) is 0. The Morgan fingerprint density at radius 3 is 2.83 bits per heavy atom. The van der Waals surface area contributed by atoms with E-state index >= 15 is 0 Å². The second-order valence-electron chi connectivity index (χ2n) is 6.35. The fourth-order valence-electron chi connectivity index (χ4n) is 3.48. The van der Waals surface area contributed by atoms with E-state index in [2.05, 4.69) is 5.10 Å². The van der Waals surface area contributed by atoms with Crippen LogP contribution >= 0.6 is 0 Å². The molecule has 0 saturated carbocycles. The molecule has 6 nitrogen and oxygen atoms in total. The minimum atomic E-state index is -4.44. The maximum atomic E-state index is 12.7. The van der Waals surface area contributed by atoms with Crippen LogP contribution in [0.15, 0.2) is 18.5 Å². The first-order chi connectivity index (χ1) is 11.3. The van der Waals surface area contributed by atoms with Crippen molar-refractivity contribution >= 4 is 11.8 Å². The maximum Gasteiger partial charge on any atom is 0.406 e. The van der Waals surface area contributed by atoms with Gasteiger partial charge in [-0.05, 0) is 18.9 Å². The molecular weight excluding hydrogens is 325 g/mol.